The number of hydrogen-bond acceptors (Lipinski definition) is 1. The summed E-state index contributed by atoms with van der Waals surface area (Å²) in [5.41, 5.74) is -4.98. The van der Waals surface area contributed by atoms with Crippen LogP contribution in [0.1, 0.15) is 57.9 Å². The van der Waals surface area contributed by atoms with E-state index in [0.29, 0.717) is 0 Å². The molecule has 0 aliphatic heterocycles. The molecule has 1 aliphatic rings. The van der Waals surface area contributed by atoms with Crippen molar-refractivity contribution in [1.82, 2.24) is 0 Å². The van der Waals surface area contributed by atoms with Crippen LogP contribution >= 0.6 is 0 Å². The van der Waals surface area contributed by atoms with Crippen molar-refractivity contribution < 1.29 is 32.9 Å². The van der Waals surface area contributed by atoms with Gasteiger partial charge in [0.2, 0.25) is 0 Å². The van der Waals surface area contributed by atoms with Crippen molar-refractivity contribution in [3.8, 4) is 44.5 Å². The average molecular weight is 664 g/mol. The minimum Gasteiger partial charge on any atom is -0.310 e. The van der Waals surface area contributed by atoms with E-state index in [2.05, 4.69) is 0 Å². The van der Waals surface area contributed by atoms with Gasteiger partial charge in [0, 0.05) is 22.5 Å². The Balaban J connectivity index is 1.44. The molecule has 0 spiro atoms. The normalized spacial score (nSPS) is 19.5. The molecule has 238 valence electrons. The maximum atomic E-state index is 10.1. The molecule has 0 atom stereocenters. The van der Waals surface area contributed by atoms with Gasteiger partial charge in [-0.1, -0.05) is 159 Å². The van der Waals surface area contributed by atoms with Crippen molar-refractivity contribution in [2.75, 3.05) is 4.90 Å². The molecule has 0 bridgehead atoms. The van der Waals surface area contributed by atoms with E-state index in [1.54, 1.807) is 13.8 Å². The highest BCUT2D eigenvalue weighted by Crippen LogP contribution is 2.53. The summed E-state index contributed by atoms with van der Waals surface area (Å²) in [6, 6.07) is -7.14. The van der Waals surface area contributed by atoms with Crippen LogP contribution in [0.25, 0.3) is 55.3 Å². The van der Waals surface area contributed by atoms with Gasteiger partial charge in [0.15, 0.2) is 0 Å². The molecule has 1 nitrogen and oxygen atoms in total. The lowest BCUT2D eigenvalue weighted by molar-refractivity contribution is 0.645. The maximum absolute atomic E-state index is 10.1. The molecule has 0 unspecified atom stereocenters. The lowest BCUT2D eigenvalue weighted by atomic mass is 9.67. The summed E-state index contributed by atoms with van der Waals surface area (Å²) in [7, 11) is 0. The standard InChI is InChI=1S/C49H37N/c1-49(2)45-31-27-38(35-16-8-4-9-17-35)33-44(45)48-43(30-26-37-18-13-23-46(49)47(37)48)39-19-12-22-42(32-39)50(40-20-10-5-11-21-40)41-28-24-36(25-29-41)34-14-6-3-7-15-34/h3-33H,1-2H3/i3D,4D,5D,6D,7D,8D,10D,11D,13D,14D,15D,16D,17D,18D,19D,20D,22D,24D,25D,26D,27D,31D,32D,33D. The highest BCUT2D eigenvalue weighted by atomic mass is 15.1. The highest BCUT2D eigenvalue weighted by Gasteiger charge is 2.35. The Morgan fingerprint density at radius 2 is 1.18 bits per heavy atom. The summed E-state index contributed by atoms with van der Waals surface area (Å²) in [4.78, 5) is 0.973. The minimum absolute atomic E-state index is 0.00453. The predicted octanol–water partition coefficient (Wildman–Crippen LogP) is 13.6. The molecule has 0 fully saturated rings. The molecular formula is C49H37N. The quantitative estimate of drug-likeness (QED) is 0.171. The summed E-state index contributed by atoms with van der Waals surface area (Å²) in [6.07, 6.45) is 0. The molecule has 0 aromatic heterocycles. The van der Waals surface area contributed by atoms with Crippen LogP contribution < -0.4 is 4.90 Å². The molecule has 0 saturated heterocycles. The monoisotopic (exact) mass is 663 g/mol. The number of rotatable bonds is 6. The van der Waals surface area contributed by atoms with Gasteiger partial charge in [-0.15, -0.1) is 0 Å². The molecule has 8 aromatic carbocycles. The molecule has 0 heterocycles. The third-order valence-corrected chi connectivity index (χ3v) is 8.65. The molecular weight excluding hydrogens is 603 g/mol. The zero-order chi connectivity index (χ0) is 54.5. The summed E-state index contributed by atoms with van der Waals surface area (Å²) in [5, 5.41) is -0.0306. The van der Waals surface area contributed by atoms with Crippen LogP contribution in [0.5, 0.6) is 0 Å². The van der Waals surface area contributed by atoms with E-state index in [1.165, 1.54) is 6.07 Å². The Hall–Kier alpha value is -6.18. The largest absolute Gasteiger partial charge is 0.310 e. The zero-order valence-corrected chi connectivity index (χ0v) is 26.5. The van der Waals surface area contributed by atoms with Crippen molar-refractivity contribution >= 4 is 27.8 Å². The Bertz CT molecular complexity index is 3830. The first-order chi connectivity index (χ1) is 34.5. The van der Waals surface area contributed by atoms with E-state index >= 15 is 0 Å². The van der Waals surface area contributed by atoms with Crippen molar-refractivity contribution in [2.45, 2.75) is 19.3 Å². The molecule has 0 amide bonds. The van der Waals surface area contributed by atoms with Crippen LogP contribution in [-0.4, -0.2) is 0 Å². The van der Waals surface area contributed by atoms with Crippen molar-refractivity contribution in [2.24, 2.45) is 0 Å². The van der Waals surface area contributed by atoms with Gasteiger partial charge in [0.25, 0.3) is 0 Å². The fraction of sp³-hybridized carbons (Fsp3) is 0.0612. The van der Waals surface area contributed by atoms with Crippen LogP contribution in [0.4, 0.5) is 17.1 Å². The fourth-order valence-corrected chi connectivity index (χ4v) is 6.29. The van der Waals surface area contributed by atoms with Gasteiger partial charge in [0.05, 0.1) is 32.9 Å². The second-order valence-electron chi connectivity index (χ2n) is 11.9. The number of para-hydroxylation sites is 1. The van der Waals surface area contributed by atoms with Crippen LogP contribution in [0.2, 0.25) is 0 Å². The van der Waals surface area contributed by atoms with Gasteiger partial charge >= 0.3 is 0 Å². The molecule has 0 N–H and O–H groups in total. The predicted molar refractivity (Wildman–Crippen MR) is 213 cm³/mol. The smallest absolute Gasteiger partial charge is 0.0651 e. The number of hydrogen-bond donors (Lipinski definition) is 0. The van der Waals surface area contributed by atoms with Crippen molar-refractivity contribution in [3.63, 3.8) is 0 Å². The van der Waals surface area contributed by atoms with Gasteiger partial charge in [-0.3, -0.25) is 0 Å². The van der Waals surface area contributed by atoms with E-state index in [0.717, 1.165) is 41.3 Å². The minimum atomic E-state index is -1.39. The van der Waals surface area contributed by atoms with Crippen LogP contribution in [0.3, 0.4) is 0 Å². The van der Waals surface area contributed by atoms with E-state index in [-0.39, 0.29) is 50.3 Å². The first-order valence-electron chi connectivity index (χ1n) is 27.5. The van der Waals surface area contributed by atoms with Crippen LogP contribution in [0.15, 0.2) is 187 Å². The third-order valence-electron chi connectivity index (χ3n) is 8.65. The third kappa shape index (κ3) is 5.02. The van der Waals surface area contributed by atoms with E-state index in [1.807, 2.05) is 0 Å². The lowest BCUT2D eigenvalue weighted by Crippen LogP contribution is -2.24. The van der Waals surface area contributed by atoms with Crippen molar-refractivity contribution in [3.05, 3.63) is 199 Å². The van der Waals surface area contributed by atoms with Gasteiger partial charge in [0.1, 0.15) is 0 Å². The highest BCUT2D eigenvalue weighted by molar-refractivity contribution is 6.10. The van der Waals surface area contributed by atoms with Gasteiger partial charge < -0.3 is 4.90 Å². The summed E-state index contributed by atoms with van der Waals surface area (Å²) in [6.45, 7) is 3.29. The van der Waals surface area contributed by atoms with Gasteiger partial charge in [-0.05, 0) is 109 Å². The first kappa shape index (κ1) is 14.0. The molecule has 8 aromatic rings. The zero-order valence-electron chi connectivity index (χ0n) is 50.5. The Morgan fingerprint density at radius 1 is 0.440 bits per heavy atom. The van der Waals surface area contributed by atoms with E-state index in [4.69, 9.17) is 20.6 Å². The maximum Gasteiger partial charge on any atom is 0.0651 e. The molecule has 0 saturated carbocycles. The molecule has 50 heavy (non-hydrogen) atoms. The summed E-state index contributed by atoms with van der Waals surface area (Å²) >= 11 is 0. The average Bonchev–Trinajstić information content (AvgIpc) is 3.32. The molecule has 0 radical (unpaired) electrons. The van der Waals surface area contributed by atoms with E-state index in [9.17, 15) is 12.3 Å². The summed E-state index contributed by atoms with van der Waals surface area (Å²) < 4.78 is 214. The second kappa shape index (κ2) is 12.1. The Labute approximate surface area is 328 Å². The fourth-order valence-electron chi connectivity index (χ4n) is 6.29. The molecule has 1 aliphatic carbocycles. The van der Waals surface area contributed by atoms with Gasteiger partial charge in [-0.25, -0.2) is 0 Å². The molecule has 1 heteroatoms. The van der Waals surface area contributed by atoms with Crippen LogP contribution in [0, 0.1) is 0 Å². The second-order valence-corrected chi connectivity index (χ2v) is 11.9. The number of anilines is 3. The summed E-state index contributed by atoms with van der Waals surface area (Å²) in [5.74, 6) is 0. The SMILES string of the molecule is [2H]c1cc(N(c2cc([2H])c(-c3c([2H])c([2H])c([2H])c([2H])c3[2H])c([2H])c2)c2c([2H])cc([2H])c(-c3cc([2H])c4c([2H])c([2H])cc5c4c3-c3c([2H])c(-c4c([2H])cc([2H])c([2H])c4[2H])c([2H])c([2H])c3C5(C)C)c2[2H])c([2H])c([2H])c1[2H]. The number of fused-ring (bicyclic) bond motifs is 2. The Morgan fingerprint density at radius 3 is 2.04 bits per heavy atom. The molecule has 9 rings (SSSR count). The van der Waals surface area contributed by atoms with Gasteiger partial charge in [-0.2, -0.15) is 0 Å². The lowest BCUT2D eigenvalue weighted by Gasteiger charge is -2.36. The topological polar surface area (TPSA) is 3.24 Å². The first-order valence-corrected chi connectivity index (χ1v) is 15.5. The van der Waals surface area contributed by atoms with E-state index < -0.39 is 184 Å². The number of nitrogens with zero attached hydrogens (tertiary/aromatic N) is 1. The Kier molecular flexibility index (Phi) is 3.37. The van der Waals surface area contributed by atoms with Crippen LogP contribution in [-0.2, 0) is 5.41 Å². The van der Waals surface area contributed by atoms with Crippen molar-refractivity contribution in [1.29, 1.82) is 0 Å². The number of benzene rings is 8.